The first-order valence-electron chi connectivity index (χ1n) is 10.8. The minimum Gasteiger partial charge on any atom is -0.493 e. The molecule has 3 aromatic rings. The van der Waals surface area contributed by atoms with Crippen molar-refractivity contribution in [3.8, 4) is 23.0 Å². The van der Waals surface area contributed by atoms with E-state index in [1.807, 2.05) is 77.8 Å². The molecule has 176 valence electrons. The molecule has 1 aliphatic rings. The van der Waals surface area contributed by atoms with Crippen LogP contribution in [0.2, 0.25) is 5.02 Å². The average molecular weight is 479 g/mol. The molecule has 0 aliphatic carbocycles. The van der Waals surface area contributed by atoms with Crippen LogP contribution in [0.4, 0.5) is 5.69 Å². The van der Waals surface area contributed by atoms with Crippen molar-refractivity contribution < 1.29 is 18.9 Å². The molecule has 1 atom stereocenters. The zero-order valence-electron chi connectivity index (χ0n) is 19.6. The highest BCUT2D eigenvalue weighted by atomic mass is 35.5. The molecule has 0 bridgehead atoms. The molecule has 0 saturated carbocycles. The molecule has 0 amide bonds. The summed E-state index contributed by atoms with van der Waals surface area (Å²) in [5.41, 5.74) is 3.68. The first-order chi connectivity index (χ1) is 16.6. The summed E-state index contributed by atoms with van der Waals surface area (Å²) in [6.07, 6.45) is 4.65. The Balaban J connectivity index is 1.74. The predicted octanol–water partition coefficient (Wildman–Crippen LogP) is 6.40. The van der Waals surface area contributed by atoms with Crippen LogP contribution in [0, 0.1) is 0 Å². The van der Waals surface area contributed by atoms with Crippen LogP contribution in [0.5, 0.6) is 23.0 Å². The van der Waals surface area contributed by atoms with Gasteiger partial charge in [0, 0.05) is 22.6 Å². The van der Waals surface area contributed by atoms with Gasteiger partial charge in [-0.05, 0) is 42.5 Å². The minimum atomic E-state index is -0.102. The van der Waals surface area contributed by atoms with Gasteiger partial charge < -0.3 is 18.9 Å². The number of hydrazone groups is 1. The summed E-state index contributed by atoms with van der Waals surface area (Å²) in [6, 6.07) is 19.2. The molecular formula is C27H27ClN2O4. The van der Waals surface area contributed by atoms with Gasteiger partial charge in [0.05, 0.1) is 45.9 Å². The van der Waals surface area contributed by atoms with E-state index in [-0.39, 0.29) is 6.04 Å². The number of ether oxygens (including phenoxy) is 4. The molecule has 0 radical (unpaired) electrons. The average Bonchev–Trinajstić information content (AvgIpc) is 3.30. The normalized spacial score (nSPS) is 15.4. The standard InChI is InChI=1S/C27H27ClN2O4/c1-31-24-12-5-8-18(26(24)33-3)14-15-20-17-23(22-11-7-13-25(32-2)27(22)34-4)30(29-20)21-10-6-9-19(28)16-21/h5-16,23H,17H2,1-4H3/b15-14+. The van der Waals surface area contributed by atoms with Gasteiger partial charge in [-0.3, -0.25) is 5.01 Å². The first kappa shape index (κ1) is 23.5. The molecule has 1 aliphatic heterocycles. The van der Waals surface area contributed by atoms with Gasteiger partial charge in [0.25, 0.3) is 0 Å². The van der Waals surface area contributed by atoms with Crippen molar-refractivity contribution in [2.45, 2.75) is 12.5 Å². The van der Waals surface area contributed by atoms with Gasteiger partial charge in [0.1, 0.15) is 0 Å². The number of para-hydroxylation sites is 2. The molecule has 1 unspecified atom stereocenters. The van der Waals surface area contributed by atoms with E-state index in [2.05, 4.69) is 0 Å². The molecule has 4 rings (SSSR count). The summed E-state index contributed by atoms with van der Waals surface area (Å²) in [4.78, 5) is 0. The molecule has 34 heavy (non-hydrogen) atoms. The second-order valence-corrected chi connectivity index (χ2v) is 8.07. The lowest BCUT2D eigenvalue weighted by atomic mass is 9.99. The third-order valence-electron chi connectivity index (χ3n) is 5.69. The summed E-state index contributed by atoms with van der Waals surface area (Å²) in [5, 5.41) is 7.56. The van der Waals surface area contributed by atoms with Crippen LogP contribution in [-0.4, -0.2) is 34.2 Å². The fraction of sp³-hybridized carbons (Fsp3) is 0.222. The molecular weight excluding hydrogens is 452 g/mol. The Hall–Kier alpha value is -3.64. The minimum absolute atomic E-state index is 0.102. The number of hydrogen-bond acceptors (Lipinski definition) is 6. The number of halogens is 1. The molecule has 6 nitrogen and oxygen atoms in total. The highest BCUT2D eigenvalue weighted by molar-refractivity contribution is 6.30. The van der Waals surface area contributed by atoms with E-state index in [4.69, 9.17) is 35.6 Å². The quantitative estimate of drug-likeness (QED) is 0.375. The van der Waals surface area contributed by atoms with Gasteiger partial charge in [0.2, 0.25) is 0 Å². The number of hydrogen-bond donors (Lipinski definition) is 0. The second-order valence-electron chi connectivity index (χ2n) is 7.63. The van der Waals surface area contributed by atoms with E-state index in [9.17, 15) is 0 Å². The summed E-state index contributed by atoms with van der Waals surface area (Å²) < 4.78 is 22.2. The maximum atomic E-state index is 6.30. The van der Waals surface area contributed by atoms with Gasteiger partial charge in [-0.1, -0.05) is 41.9 Å². The third kappa shape index (κ3) is 4.68. The largest absolute Gasteiger partial charge is 0.493 e. The fourth-order valence-corrected chi connectivity index (χ4v) is 4.32. The lowest BCUT2D eigenvalue weighted by Gasteiger charge is -2.26. The fourth-order valence-electron chi connectivity index (χ4n) is 4.14. The van der Waals surface area contributed by atoms with Crippen LogP contribution >= 0.6 is 11.6 Å². The Morgan fingerprint density at radius 2 is 1.50 bits per heavy atom. The Morgan fingerprint density at radius 3 is 2.18 bits per heavy atom. The molecule has 0 saturated heterocycles. The predicted molar refractivity (Wildman–Crippen MR) is 137 cm³/mol. The molecule has 3 aromatic carbocycles. The van der Waals surface area contributed by atoms with E-state index >= 15 is 0 Å². The summed E-state index contributed by atoms with van der Waals surface area (Å²) in [5.74, 6) is 2.73. The van der Waals surface area contributed by atoms with Crippen LogP contribution in [0.25, 0.3) is 6.08 Å². The van der Waals surface area contributed by atoms with Crippen LogP contribution < -0.4 is 24.0 Å². The third-order valence-corrected chi connectivity index (χ3v) is 5.92. The van der Waals surface area contributed by atoms with E-state index in [1.54, 1.807) is 28.4 Å². The lowest BCUT2D eigenvalue weighted by Crippen LogP contribution is -2.19. The highest BCUT2D eigenvalue weighted by Gasteiger charge is 2.31. The molecule has 0 fully saturated rings. The SMILES string of the molecule is COc1cccc(/C=C/C2=NN(c3cccc(Cl)c3)C(c3cccc(OC)c3OC)C2)c1OC. The number of nitrogens with zero attached hydrogens (tertiary/aromatic N) is 2. The van der Waals surface area contributed by atoms with Crippen molar-refractivity contribution in [2.24, 2.45) is 5.10 Å². The van der Waals surface area contributed by atoms with Crippen molar-refractivity contribution in [3.05, 3.63) is 82.9 Å². The van der Waals surface area contributed by atoms with Crippen molar-refractivity contribution in [1.29, 1.82) is 0 Å². The van der Waals surface area contributed by atoms with Gasteiger partial charge in [-0.2, -0.15) is 5.10 Å². The number of benzene rings is 3. The highest BCUT2D eigenvalue weighted by Crippen LogP contribution is 2.43. The molecule has 1 heterocycles. The zero-order valence-corrected chi connectivity index (χ0v) is 20.4. The zero-order chi connectivity index (χ0) is 24.1. The molecule has 0 spiro atoms. The maximum Gasteiger partial charge on any atom is 0.167 e. The van der Waals surface area contributed by atoms with Gasteiger partial charge in [-0.25, -0.2) is 0 Å². The Bertz CT molecular complexity index is 1230. The van der Waals surface area contributed by atoms with Gasteiger partial charge in [-0.15, -0.1) is 0 Å². The molecule has 0 aromatic heterocycles. The van der Waals surface area contributed by atoms with Gasteiger partial charge in [0.15, 0.2) is 23.0 Å². The second kappa shape index (κ2) is 10.5. The number of methoxy groups -OCH3 is 4. The van der Waals surface area contributed by atoms with E-state index in [0.29, 0.717) is 34.4 Å². The van der Waals surface area contributed by atoms with Crippen molar-refractivity contribution in [1.82, 2.24) is 0 Å². The molecule has 0 N–H and O–H groups in total. The number of anilines is 1. The van der Waals surface area contributed by atoms with Crippen LogP contribution in [-0.2, 0) is 0 Å². The number of rotatable bonds is 8. The monoisotopic (exact) mass is 478 g/mol. The Labute approximate surface area is 205 Å². The van der Waals surface area contributed by atoms with Crippen LogP contribution in [0.3, 0.4) is 0 Å². The van der Waals surface area contributed by atoms with Crippen LogP contribution in [0.1, 0.15) is 23.6 Å². The van der Waals surface area contributed by atoms with E-state index in [0.717, 1.165) is 22.5 Å². The smallest absolute Gasteiger partial charge is 0.167 e. The summed E-state index contributed by atoms with van der Waals surface area (Å²) in [7, 11) is 6.55. The first-order valence-corrected chi connectivity index (χ1v) is 11.2. The number of allylic oxidation sites excluding steroid dienone is 1. The van der Waals surface area contributed by atoms with Crippen molar-refractivity contribution >= 4 is 29.1 Å². The van der Waals surface area contributed by atoms with Crippen LogP contribution in [0.15, 0.2) is 71.8 Å². The Morgan fingerprint density at radius 1 is 0.824 bits per heavy atom. The maximum absolute atomic E-state index is 6.30. The van der Waals surface area contributed by atoms with E-state index in [1.165, 1.54) is 0 Å². The van der Waals surface area contributed by atoms with Gasteiger partial charge >= 0.3 is 0 Å². The summed E-state index contributed by atoms with van der Waals surface area (Å²) in [6.45, 7) is 0. The lowest BCUT2D eigenvalue weighted by molar-refractivity contribution is 0.349. The van der Waals surface area contributed by atoms with Crippen molar-refractivity contribution in [3.63, 3.8) is 0 Å². The topological polar surface area (TPSA) is 52.5 Å². The molecule has 7 heteroatoms. The Kier molecular flexibility index (Phi) is 7.28. The van der Waals surface area contributed by atoms with Crippen molar-refractivity contribution in [2.75, 3.05) is 33.4 Å². The van der Waals surface area contributed by atoms with E-state index < -0.39 is 0 Å². The summed E-state index contributed by atoms with van der Waals surface area (Å²) >= 11 is 6.30.